The van der Waals surface area contributed by atoms with Gasteiger partial charge in [-0.1, -0.05) is 0 Å². The van der Waals surface area contributed by atoms with Crippen LogP contribution in [0.3, 0.4) is 0 Å². The van der Waals surface area contributed by atoms with Gasteiger partial charge in [0.25, 0.3) is 0 Å². The molecule has 78 valence electrons. The first-order chi connectivity index (χ1) is 7.09. The van der Waals surface area contributed by atoms with Crippen molar-refractivity contribution in [2.24, 2.45) is 0 Å². The van der Waals surface area contributed by atoms with Crippen LogP contribution in [0.15, 0.2) is 7.57 Å². The number of halogens is 2. The fraction of sp³-hybridized carbons (Fsp3) is 0.200. The van der Waals surface area contributed by atoms with Gasteiger partial charge in [-0.25, -0.2) is 0 Å². The Morgan fingerprint density at radius 1 is 0.867 bits per heavy atom. The average molecular weight is 380 g/mol. The Hall–Kier alpha value is 0.577. The van der Waals surface area contributed by atoms with Gasteiger partial charge in [-0.3, -0.25) is 0 Å². The van der Waals surface area contributed by atoms with Crippen LogP contribution in [-0.2, 0) is 0 Å². The highest BCUT2D eigenvalue weighted by molar-refractivity contribution is 9.11. The number of hydrogen-bond donors (Lipinski definition) is 0. The number of hydrogen-bond acceptors (Lipinski definition) is 2. The molecule has 0 fully saturated rings. The molecule has 2 aromatic heterocycles. The molecule has 3 rings (SSSR count). The maximum atomic E-state index is 3.65. The molecule has 0 radical (unpaired) electrons. The smallest absolute Gasteiger partial charge is 0.0922 e. The first-order valence-corrected chi connectivity index (χ1v) is 9.28. The average Bonchev–Trinajstić information content (AvgIpc) is 2.75. The lowest BCUT2D eigenvalue weighted by molar-refractivity contribution is 1.56. The van der Waals surface area contributed by atoms with Gasteiger partial charge >= 0.3 is 0 Å². The van der Waals surface area contributed by atoms with Crippen LogP contribution in [0, 0.1) is 13.8 Å². The van der Waals surface area contributed by atoms with E-state index in [-0.39, 0.29) is 9.52 Å². The fourth-order valence-corrected chi connectivity index (χ4v) is 9.41. The van der Waals surface area contributed by atoms with Crippen LogP contribution in [-0.4, -0.2) is 9.52 Å². The molecule has 5 heteroatoms. The molecular weight excluding hydrogens is 372 g/mol. The summed E-state index contributed by atoms with van der Waals surface area (Å²) in [6.07, 6.45) is 0. The van der Waals surface area contributed by atoms with E-state index in [2.05, 4.69) is 45.7 Å². The van der Waals surface area contributed by atoms with Gasteiger partial charge in [0.1, 0.15) is 0 Å². The van der Waals surface area contributed by atoms with Crippen molar-refractivity contribution in [2.75, 3.05) is 0 Å². The van der Waals surface area contributed by atoms with Crippen molar-refractivity contribution in [2.45, 2.75) is 13.8 Å². The molecular formula is C10H8Br2S2Si. The predicted molar refractivity (Wildman–Crippen MR) is 80.3 cm³/mol. The normalized spacial score (nSPS) is 13.1. The third-order valence-electron chi connectivity index (χ3n) is 2.99. The molecule has 0 spiro atoms. The van der Waals surface area contributed by atoms with Crippen molar-refractivity contribution >= 4 is 74.4 Å². The Morgan fingerprint density at radius 3 is 1.67 bits per heavy atom. The Labute approximate surface area is 116 Å². The number of rotatable bonds is 0. The number of fused-ring (bicyclic) bond motifs is 3. The van der Waals surface area contributed by atoms with Gasteiger partial charge in [-0.2, -0.15) is 0 Å². The van der Waals surface area contributed by atoms with Crippen molar-refractivity contribution < 1.29 is 0 Å². The molecule has 0 bridgehead atoms. The highest BCUT2D eigenvalue weighted by Gasteiger charge is 2.28. The Morgan fingerprint density at radius 2 is 1.27 bits per heavy atom. The lowest BCUT2D eigenvalue weighted by atomic mass is 10.3. The second-order valence-corrected chi connectivity index (χ2v) is 10.2. The minimum absolute atomic E-state index is 0.215. The zero-order valence-electron chi connectivity index (χ0n) is 8.28. The number of thiophene rings is 2. The van der Waals surface area contributed by atoms with E-state index in [1.54, 1.807) is 20.1 Å². The lowest BCUT2D eigenvalue weighted by Crippen LogP contribution is -2.23. The maximum absolute atomic E-state index is 3.65. The largest absolute Gasteiger partial charge is 0.127 e. The summed E-state index contributed by atoms with van der Waals surface area (Å²) in [7, 11) is -0.215. The highest BCUT2D eigenvalue weighted by Crippen LogP contribution is 2.41. The van der Waals surface area contributed by atoms with Crippen LogP contribution in [0.1, 0.15) is 11.1 Å². The summed E-state index contributed by atoms with van der Waals surface area (Å²) in [5, 5.41) is 3.34. The molecule has 0 nitrogen and oxygen atoms in total. The summed E-state index contributed by atoms with van der Waals surface area (Å²) < 4.78 is 2.65. The van der Waals surface area contributed by atoms with Gasteiger partial charge in [0.15, 0.2) is 0 Å². The first kappa shape index (κ1) is 10.7. The molecule has 0 amide bonds. The third kappa shape index (κ3) is 1.40. The molecule has 0 unspecified atom stereocenters. The Kier molecular flexibility index (Phi) is 2.52. The summed E-state index contributed by atoms with van der Waals surface area (Å²) in [5.41, 5.74) is 2.97. The zero-order valence-corrected chi connectivity index (χ0v) is 14.5. The second-order valence-electron chi connectivity index (χ2n) is 3.79. The van der Waals surface area contributed by atoms with Gasteiger partial charge in [0.05, 0.1) is 17.1 Å². The topological polar surface area (TPSA) is 0 Å². The summed E-state index contributed by atoms with van der Waals surface area (Å²) in [5.74, 6) is 0. The predicted octanol–water partition coefficient (Wildman–Crippen LogP) is 3.05. The van der Waals surface area contributed by atoms with Crippen LogP contribution in [0.25, 0.3) is 9.75 Å². The Balaban J connectivity index is 2.30. The molecule has 0 aliphatic carbocycles. The maximum Gasteiger partial charge on any atom is 0.0922 e. The summed E-state index contributed by atoms with van der Waals surface area (Å²) in [6, 6.07) is 0. The van der Waals surface area contributed by atoms with E-state index in [9.17, 15) is 0 Å². The molecule has 1 aliphatic rings. The van der Waals surface area contributed by atoms with E-state index >= 15 is 0 Å². The van der Waals surface area contributed by atoms with Gasteiger partial charge in [0, 0.05) is 9.75 Å². The van der Waals surface area contributed by atoms with Crippen LogP contribution in [0.2, 0.25) is 0 Å². The van der Waals surface area contributed by atoms with Crippen molar-refractivity contribution in [1.29, 1.82) is 0 Å². The minimum Gasteiger partial charge on any atom is -0.127 e. The van der Waals surface area contributed by atoms with Crippen LogP contribution in [0.5, 0.6) is 0 Å². The van der Waals surface area contributed by atoms with Gasteiger partial charge < -0.3 is 0 Å². The Bertz CT molecular complexity index is 518. The molecule has 0 saturated heterocycles. The summed E-state index contributed by atoms with van der Waals surface area (Å²) in [6.45, 7) is 4.49. The summed E-state index contributed by atoms with van der Waals surface area (Å²) >= 11 is 11.1. The third-order valence-corrected chi connectivity index (χ3v) is 10.5. The van der Waals surface area contributed by atoms with E-state index < -0.39 is 0 Å². The quantitative estimate of drug-likeness (QED) is 0.526. The van der Waals surface area contributed by atoms with E-state index in [1.807, 2.05) is 22.7 Å². The van der Waals surface area contributed by atoms with Gasteiger partial charge in [-0.15, -0.1) is 22.7 Å². The minimum atomic E-state index is -0.215. The monoisotopic (exact) mass is 378 g/mol. The zero-order chi connectivity index (χ0) is 10.7. The first-order valence-electron chi connectivity index (χ1n) is 4.65. The summed E-state index contributed by atoms with van der Waals surface area (Å²) in [4.78, 5) is 3.08. The molecule has 2 aromatic rings. The molecule has 15 heavy (non-hydrogen) atoms. The van der Waals surface area contributed by atoms with Crippen LogP contribution < -0.4 is 10.4 Å². The standard InChI is InChI=1S/C10H8Br2S2Si/c1-3-7-5(13-9(3)11)6-8(15-7)4(2)10(12)14-6/h15H2,1-2H3. The molecule has 0 N–H and O–H groups in total. The van der Waals surface area contributed by atoms with Gasteiger partial charge in [0.2, 0.25) is 0 Å². The fourth-order valence-electron chi connectivity index (χ4n) is 2.00. The van der Waals surface area contributed by atoms with Gasteiger partial charge in [-0.05, 0) is 67.2 Å². The molecule has 0 saturated carbocycles. The second kappa shape index (κ2) is 3.53. The molecule has 0 atom stereocenters. The van der Waals surface area contributed by atoms with E-state index in [4.69, 9.17) is 0 Å². The van der Waals surface area contributed by atoms with Crippen LogP contribution >= 0.6 is 54.5 Å². The highest BCUT2D eigenvalue weighted by atomic mass is 79.9. The molecule has 0 aromatic carbocycles. The van der Waals surface area contributed by atoms with Crippen molar-refractivity contribution in [3.8, 4) is 9.75 Å². The van der Waals surface area contributed by atoms with E-state index in [0.29, 0.717) is 0 Å². The van der Waals surface area contributed by atoms with E-state index in [0.717, 1.165) is 0 Å². The van der Waals surface area contributed by atoms with Crippen molar-refractivity contribution in [1.82, 2.24) is 0 Å². The SMILES string of the molecule is Cc1c(Br)sc2c1[SiH2]c1c-2sc(Br)c1C. The van der Waals surface area contributed by atoms with E-state index in [1.165, 1.54) is 18.7 Å². The lowest BCUT2D eigenvalue weighted by Gasteiger charge is -1.95. The van der Waals surface area contributed by atoms with Crippen molar-refractivity contribution in [3.05, 3.63) is 18.7 Å². The van der Waals surface area contributed by atoms with Crippen LogP contribution in [0.4, 0.5) is 0 Å². The van der Waals surface area contributed by atoms with Crippen molar-refractivity contribution in [3.63, 3.8) is 0 Å². The molecule has 1 aliphatic heterocycles. The molecule has 3 heterocycles.